The van der Waals surface area contributed by atoms with Crippen LogP contribution >= 0.6 is 15.9 Å². The molecule has 0 aliphatic heterocycles. The molecule has 1 atom stereocenters. The highest BCUT2D eigenvalue weighted by Crippen LogP contribution is 2.38. The first-order chi connectivity index (χ1) is 11.6. The quantitative estimate of drug-likeness (QED) is 0.837. The van der Waals surface area contributed by atoms with Crippen molar-refractivity contribution in [3.63, 3.8) is 0 Å². The van der Waals surface area contributed by atoms with E-state index in [9.17, 15) is 4.79 Å². The van der Waals surface area contributed by atoms with E-state index in [1.54, 1.807) is 0 Å². The summed E-state index contributed by atoms with van der Waals surface area (Å²) >= 11 is 3.54. The highest BCUT2D eigenvalue weighted by atomic mass is 79.9. The first-order valence-corrected chi connectivity index (χ1v) is 9.23. The predicted molar refractivity (Wildman–Crippen MR) is 97.5 cm³/mol. The lowest BCUT2D eigenvalue weighted by Crippen LogP contribution is -2.16. The molecule has 0 heterocycles. The second-order valence-electron chi connectivity index (χ2n) is 6.89. The Kier molecular flexibility index (Phi) is 4.09. The number of fused-ring (bicyclic) bond motifs is 1. The number of carbonyl (C=O) groups is 1. The SMILES string of the molecule is NC(=O)c1ccc(OCC2CC2)cc1[C@@H]1Cc2ccc(Br)cc2C1. The van der Waals surface area contributed by atoms with Crippen LogP contribution in [0.4, 0.5) is 0 Å². The monoisotopic (exact) mass is 385 g/mol. The maximum atomic E-state index is 11.9. The molecular weight excluding hydrogens is 366 g/mol. The molecule has 2 aliphatic carbocycles. The predicted octanol–water partition coefficient (Wildman–Crippen LogP) is 4.22. The van der Waals surface area contributed by atoms with Crippen molar-refractivity contribution in [2.75, 3.05) is 6.61 Å². The summed E-state index contributed by atoms with van der Waals surface area (Å²) in [6.07, 6.45) is 4.40. The minimum absolute atomic E-state index is 0.279. The van der Waals surface area contributed by atoms with Gasteiger partial charge in [-0.2, -0.15) is 0 Å². The van der Waals surface area contributed by atoms with Crippen LogP contribution in [0.1, 0.15) is 45.8 Å². The van der Waals surface area contributed by atoms with Gasteiger partial charge in [0.15, 0.2) is 0 Å². The van der Waals surface area contributed by atoms with E-state index in [1.165, 1.54) is 24.0 Å². The van der Waals surface area contributed by atoms with Crippen molar-refractivity contribution in [1.29, 1.82) is 0 Å². The van der Waals surface area contributed by atoms with Crippen molar-refractivity contribution in [2.45, 2.75) is 31.6 Å². The number of carbonyl (C=O) groups excluding carboxylic acids is 1. The molecule has 0 saturated heterocycles. The molecule has 124 valence electrons. The van der Waals surface area contributed by atoms with Crippen LogP contribution in [0.15, 0.2) is 40.9 Å². The van der Waals surface area contributed by atoms with Crippen LogP contribution < -0.4 is 10.5 Å². The maximum absolute atomic E-state index is 11.9. The standard InChI is InChI=1S/C20H20BrNO2/c21-16-4-3-13-7-15(8-14(13)9-16)19-10-17(24-11-12-1-2-12)5-6-18(19)20(22)23/h3-6,9-10,12,15H,1-2,7-8,11H2,(H2,22,23)/t15-/m1/s1. The number of nitrogens with two attached hydrogens (primary N) is 1. The van der Waals surface area contributed by atoms with E-state index < -0.39 is 0 Å². The number of benzene rings is 2. The lowest BCUT2D eigenvalue weighted by atomic mass is 9.91. The van der Waals surface area contributed by atoms with Gasteiger partial charge < -0.3 is 10.5 Å². The summed E-state index contributed by atoms with van der Waals surface area (Å²) < 4.78 is 7.00. The van der Waals surface area contributed by atoms with E-state index in [0.29, 0.717) is 11.5 Å². The molecule has 1 fully saturated rings. The second kappa shape index (κ2) is 6.25. The first kappa shape index (κ1) is 15.7. The zero-order valence-electron chi connectivity index (χ0n) is 13.4. The van der Waals surface area contributed by atoms with Gasteiger partial charge in [-0.1, -0.05) is 22.0 Å². The highest BCUT2D eigenvalue weighted by Gasteiger charge is 2.27. The zero-order valence-corrected chi connectivity index (χ0v) is 15.0. The second-order valence-corrected chi connectivity index (χ2v) is 7.80. The summed E-state index contributed by atoms with van der Waals surface area (Å²) in [5.74, 6) is 1.47. The van der Waals surface area contributed by atoms with Crippen LogP contribution in [0.25, 0.3) is 0 Å². The molecule has 0 spiro atoms. The highest BCUT2D eigenvalue weighted by molar-refractivity contribution is 9.10. The minimum atomic E-state index is -0.365. The smallest absolute Gasteiger partial charge is 0.248 e. The van der Waals surface area contributed by atoms with E-state index in [1.807, 2.05) is 18.2 Å². The van der Waals surface area contributed by atoms with Gasteiger partial charge >= 0.3 is 0 Å². The minimum Gasteiger partial charge on any atom is -0.493 e. The fourth-order valence-corrected chi connectivity index (χ4v) is 3.91. The number of primary amides is 1. The summed E-state index contributed by atoms with van der Waals surface area (Å²) in [5.41, 5.74) is 9.93. The van der Waals surface area contributed by atoms with Gasteiger partial charge in [0, 0.05) is 10.0 Å². The average molecular weight is 386 g/mol. The molecule has 0 unspecified atom stereocenters. The van der Waals surface area contributed by atoms with Crippen molar-refractivity contribution in [1.82, 2.24) is 0 Å². The Morgan fingerprint density at radius 2 is 1.92 bits per heavy atom. The van der Waals surface area contributed by atoms with Gasteiger partial charge in [0.2, 0.25) is 5.91 Å². The van der Waals surface area contributed by atoms with E-state index in [4.69, 9.17) is 10.5 Å². The van der Waals surface area contributed by atoms with E-state index in [-0.39, 0.29) is 11.8 Å². The van der Waals surface area contributed by atoms with E-state index >= 15 is 0 Å². The van der Waals surface area contributed by atoms with Crippen LogP contribution in [0, 0.1) is 5.92 Å². The third kappa shape index (κ3) is 3.20. The van der Waals surface area contributed by atoms with E-state index in [2.05, 4.69) is 34.1 Å². The van der Waals surface area contributed by atoms with Crippen LogP contribution in [-0.4, -0.2) is 12.5 Å². The van der Waals surface area contributed by atoms with Crippen molar-refractivity contribution in [3.8, 4) is 5.75 Å². The number of hydrogen-bond donors (Lipinski definition) is 1. The van der Waals surface area contributed by atoms with Crippen LogP contribution in [0.3, 0.4) is 0 Å². The van der Waals surface area contributed by atoms with Crippen molar-refractivity contribution in [2.24, 2.45) is 11.7 Å². The van der Waals surface area contributed by atoms with Gasteiger partial charge in [0.1, 0.15) is 5.75 Å². The maximum Gasteiger partial charge on any atom is 0.248 e. The summed E-state index contributed by atoms with van der Waals surface area (Å²) in [4.78, 5) is 11.9. The molecule has 0 radical (unpaired) electrons. The summed E-state index contributed by atoms with van der Waals surface area (Å²) in [7, 11) is 0. The largest absolute Gasteiger partial charge is 0.493 e. The molecule has 24 heavy (non-hydrogen) atoms. The third-order valence-electron chi connectivity index (χ3n) is 5.01. The Morgan fingerprint density at radius 3 is 2.67 bits per heavy atom. The van der Waals surface area contributed by atoms with Gasteiger partial charge in [-0.3, -0.25) is 4.79 Å². The number of amides is 1. The van der Waals surface area contributed by atoms with Crippen LogP contribution in [-0.2, 0) is 12.8 Å². The average Bonchev–Trinajstić information content (AvgIpc) is 3.30. The Bertz CT molecular complexity index is 798. The van der Waals surface area contributed by atoms with Gasteiger partial charge in [0.25, 0.3) is 0 Å². The molecule has 1 saturated carbocycles. The lowest BCUT2D eigenvalue weighted by Gasteiger charge is -2.16. The van der Waals surface area contributed by atoms with Crippen molar-refractivity contribution in [3.05, 3.63) is 63.1 Å². The fraction of sp³-hybridized carbons (Fsp3) is 0.350. The topological polar surface area (TPSA) is 52.3 Å². The molecule has 3 nitrogen and oxygen atoms in total. The van der Waals surface area contributed by atoms with Gasteiger partial charge in [-0.25, -0.2) is 0 Å². The van der Waals surface area contributed by atoms with Gasteiger partial charge in [0.05, 0.1) is 6.61 Å². The molecule has 2 aromatic rings. The molecule has 2 aromatic carbocycles. The van der Waals surface area contributed by atoms with Crippen molar-refractivity contribution >= 4 is 21.8 Å². The molecule has 1 amide bonds. The molecule has 2 N–H and O–H groups in total. The van der Waals surface area contributed by atoms with Crippen LogP contribution in [0.2, 0.25) is 0 Å². The Balaban J connectivity index is 1.62. The number of ether oxygens (including phenoxy) is 1. The molecular formula is C20H20BrNO2. The summed E-state index contributed by atoms with van der Waals surface area (Å²) in [6.45, 7) is 0.771. The summed E-state index contributed by atoms with van der Waals surface area (Å²) in [5, 5.41) is 0. The molecule has 4 heteroatoms. The first-order valence-electron chi connectivity index (χ1n) is 8.44. The molecule has 4 rings (SSSR count). The van der Waals surface area contributed by atoms with Crippen molar-refractivity contribution < 1.29 is 9.53 Å². The fourth-order valence-electron chi connectivity index (χ4n) is 3.50. The number of halogens is 1. The molecule has 2 aliphatic rings. The van der Waals surface area contributed by atoms with Crippen LogP contribution in [0.5, 0.6) is 5.75 Å². The van der Waals surface area contributed by atoms with Gasteiger partial charge in [-0.15, -0.1) is 0 Å². The Labute approximate surface area is 150 Å². The van der Waals surface area contributed by atoms with E-state index in [0.717, 1.165) is 35.2 Å². The number of hydrogen-bond acceptors (Lipinski definition) is 2. The normalized spacial score (nSPS) is 19.1. The zero-order chi connectivity index (χ0) is 16.7. The molecule has 0 aromatic heterocycles. The van der Waals surface area contributed by atoms with Gasteiger partial charge in [-0.05, 0) is 84.5 Å². The lowest BCUT2D eigenvalue weighted by molar-refractivity contribution is 0.0999. The summed E-state index contributed by atoms with van der Waals surface area (Å²) in [6, 6.07) is 12.1. The molecule has 0 bridgehead atoms. The third-order valence-corrected chi connectivity index (χ3v) is 5.51. The Morgan fingerprint density at radius 1 is 1.12 bits per heavy atom. The Hall–Kier alpha value is -1.81. The number of rotatable bonds is 5.